The molecule has 3 heteroatoms. The average molecular weight is 264 g/mol. The highest BCUT2D eigenvalue weighted by atomic mass is 35.5. The number of hydrogen-bond acceptors (Lipinski definition) is 2. The third kappa shape index (κ3) is 1.41. The molecular weight excluding hydrogens is 250 g/mol. The maximum absolute atomic E-state index is 6.05. The van der Waals surface area contributed by atoms with Crippen molar-refractivity contribution in [3.8, 4) is 0 Å². The van der Waals surface area contributed by atoms with Crippen LogP contribution >= 0.6 is 22.9 Å². The molecule has 1 saturated carbocycles. The number of rotatable bonds is 1. The summed E-state index contributed by atoms with van der Waals surface area (Å²) in [6.07, 6.45) is 1.39. The van der Waals surface area contributed by atoms with Crippen LogP contribution in [0.2, 0.25) is 5.02 Å². The Labute approximate surface area is 110 Å². The summed E-state index contributed by atoms with van der Waals surface area (Å²) in [5, 5.41) is 2.15. The zero-order valence-electron chi connectivity index (χ0n) is 9.74. The topological polar surface area (TPSA) is 3.24 Å². The molecule has 1 saturated heterocycles. The van der Waals surface area contributed by atoms with Gasteiger partial charge in [-0.3, -0.25) is 0 Å². The Morgan fingerprint density at radius 3 is 3.06 bits per heavy atom. The first-order chi connectivity index (χ1) is 8.17. The van der Waals surface area contributed by atoms with Gasteiger partial charge in [-0.05, 0) is 49.0 Å². The van der Waals surface area contributed by atoms with Gasteiger partial charge in [-0.2, -0.15) is 0 Å². The molecule has 0 bridgehead atoms. The van der Waals surface area contributed by atoms with E-state index in [0.29, 0.717) is 5.41 Å². The lowest BCUT2D eigenvalue weighted by molar-refractivity contribution is 0.364. The minimum atomic E-state index is 0.491. The van der Waals surface area contributed by atoms with E-state index < -0.39 is 0 Å². The van der Waals surface area contributed by atoms with Gasteiger partial charge in [-0.25, -0.2) is 0 Å². The number of benzene rings is 1. The Kier molecular flexibility index (Phi) is 1.98. The third-order valence-electron chi connectivity index (χ3n) is 4.29. The Bertz CT molecular complexity index is 605. The second-order valence-corrected chi connectivity index (χ2v) is 7.07. The summed E-state index contributed by atoms with van der Waals surface area (Å²) in [5.41, 5.74) is 0.491. The van der Waals surface area contributed by atoms with Crippen molar-refractivity contribution in [1.29, 1.82) is 0 Å². The molecule has 0 spiro atoms. The Morgan fingerprint density at radius 1 is 1.41 bits per heavy atom. The molecule has 2 heterocycles. The smallest absolute Gasteiger partial charge is 0.0412 e. The SMILES string of the molecule is CN1CC2CC2(c2cc3cc(Cl)ccc3s2)C1. The largest absolute Gasteiger partial charge is 0.305 e. The number of hydrogen-bond donors (Lipinski definition) is 0. The molecule has 2 unspecified atom stereocenters. The summed E-state index contributed by atoms with van der Waals surface area (Å²) in [7, 11) is 2.23. The molecule has 1 nitrogen and oxygen atoms in total. The van der Waals surface area contributed by atoms with Crippen LogP contribution in [0.4, 0.5) is 0 Å². The summed E-state index contributed by atoms with van der Waals surface area (Å²) < 4.78 is 1.37. The van der Waals surface area contributed by atoms with E-state index in [1.54, 1.807) is 4.88 Å². The zero-order chi connectivity index (χ0) is 11.6. The molecule has 88 valence electrons. The van der Waals surface area contributed by atoms with Gasteiger partial charge in [0.15, 0.2) is 0 Å². The van der Waals surface area contributed by atoms with Gasteiger partial charge in [0, 0.05) is 33.1 Å². The molecule has 17 heavy (non-hydrogen) atoms. The fourth-order valence-electron chi connectivity index (χ4n) is 3.38. The van der Waals surface area contributed by atoms with E-state index in [1.165, 1.54) is 29.6 Å². The van der Waals surface area contributed by atoms with Gasteiger partial charge < -0.3 is 4.90 Å². The van der Waals surface area contributed by atoms with Crippen molar-refractivity contribution in [3.05, 3.63) is 34.2 Å². The van der Waals surface area contributed by atoms with Crippen molar-refractivity contribution in [2.75, 3.05) is 20.1 Å². The molecule has 2 aliphatic rings. The van der Waals surface area contributed by atoms with Gasteiger partial charge in [0.1, 0.15) is 0 Å². The van der Waals surface area contributed by atoms with E-state index in [-0.39, 0.29) is 0 Å². The van der Waals surface area contributed by atoms with Crippen molar-refractivity contribution < 1.29 is 0 Å². The number of fused-ring (bicyclic) bond motifs is 2. The van der Waals surface area contributed by atoms with E-state index in [4.69, 9.17) is 11.6 Å². The Balaban J connectivity index is 1.82. The number of likely N-dealkylation sites (tertiary alicyclic amines) is 1. The highest BCUT2D eigenvalue weighted by Gasteiger charge is 2.60. The van der Waals surface area contributed by atoms with Crippen LogP contribution < -0.4 is 0 Å². The number of nitrogens with zero attached hydrogens (tertiary/aromatic N) is 1. The van der Waals surface area contributed by atoms with E-state index in [1.807, 2.05) is 17.4 Å². The fourth-order valence-corrected chi connectivity index (χ4v) is 4.87. The van der Waals surface area contributed by atoms with E-state index in [0.717, 1.165) is 10.9 Å². The summed E-state index contributed by atoms with van der Waals surface area (Å²) in [6, 6.07) is 8.60. The van der Waals surface area contributed by atoms with E-state index in [2.05, 4.69) is 30.1 Å². The van der Waals surface area contributed by atoms with E-state index in [9.17, 15) is 0 Å². The summed E-state index contributed by atoms with van der Waals surface area (Å²) in [5.74, 6) is 0.899. The van der Waals surface area contributed by atoms with Crippen LogP contribution in [-0.4, -0.2) is 25.0 Å². The summed E-state index contributed by atoms with van der Waals surface area (Å²) in [4.78, 5) is 4.04. The number of piperidine rings is 1. The molecule has 1 aromatic carbocycles. The second kappa shape index (κ2) is 3.25. The molecule has 2 atom stereocenters. The first-order valence-corrected chi connectivity index (χ1v) is 7.25. The molecule has 1 aliphatic heterocycles. The monoisotopic (exact) mass is 263 g/mol. The zero-order valence-corrected chi connectivity index (χ0v) is 11.3. The molecule has 0 amide bonds. The van der Waals surface area contributed by atoms with Crippen LogP contribution in [0, 0.1) is 5.92 Å². The Hall–Kier alpha value is -0.570. The van der Waals surface area contributed by atoms with Gasteiger partial charge in [-0.15, -0.1) is 11.3 Å². The van der Waals surface area contributed by atoms with Crippen LogP contribution in [0.5, 0.6) is 0 Å². The lowest BCUT2D eigenvalue weighted by atomic mass is 10.0. The van der Waals surface area contributed by atoms with Crippen molar-refractivity contribution >= 4 is 33.0 Å². The number of thiophene rings is 1. The first kappa shape index (κ1) is 10.4. The van der Waals surface area contributed by atoms with Crippen LogP contribution in [0.1, 0.15) is 11.3 Å². The highest BCUT2D eigenvalue weighted by molar-refractivity contribution is 7.19. The fraction of sp³-hybridized carbons (Fsp3) is 0.429. The standard InChI is InChI=1S/C14H14ClNS/c1-16-7-10-6-14(10,8-16)13-5-9-4-11(15)2-3-12(9)17-13/h2-5,10H,6-8H2,1H3. The Morgan fingerprint density at radius 2 is 2.29 bits per heavy atom. The highest BCUT2D eigenvalue weighted by Crippen LogP contribution is 2.60. The van der Waals surface area contributed by atoms with Gasteiger partial charge in [-0.1, -0.05) is 11.6 Å². The van der Waals surface area contributed by atoms with Crippen molar-refractivity contribution in [2.45, 2.75) is 11.8 Å². The molecule has 0 N–H and O–H groups in total. The lowest BCUT2D eigenvalue weighted by Crippen LogP contribution is -2.21. The summed E-state index contributed by atoms with van der Waals surface area (Å²) >= 11 is 8.01. The van der Waals surface area contributed by atoms with Gasteiger partial charge in [0.25, 0.3) is 0 Å². The molecule has 1 aliphatic carbocycles. The lowest BCUT2D eigenvalue weighted by Gasteiger charge is -2.14. The van der Waals surface area contributed by atoms with Gasteiger partial charge in [0.2, 0.25) is 0 Å². The molecular formula is C14H14ClNS. The molecule has 0 radical (unpaired) electrons. The van der Waals surface area contributed by atoms with Crippen molar-refractivity contribution in [1.82, 2.24) is 4.90 Å². The molecule has 4 rings (SSSR count). The van der Waals surface area contributed by atoms with E-state index >= 15 is 0 Å². The first-order valence-electron chi connectivity index (χ1n) is 6.05. The van der Waals surface area contributed by atoms with Gasteiger partial charge >= 0.3 is 0 Å². The average Bonchev–Trinajstić information content (AvgIpc) is 2.70. The minimum Gasteiger partial charge on any atom is -0.305 e. The predicted octanol–water partition coefficient (Wildman–Crippen LogP) is 3.76. The van der Waals surface area contributed by atoms with Crippen LogP contribution in [0.3, 0.4) is 0 Å². The molecule has 2 fully saturated rings. The summed E-state index contributed by atoms with van der Waals surface area (Å²) in [6.45, 7) is 2.51. The third-order valence-corrected chi connectivity index (χ3v) is 5.86. The number of likely N-dealkylation sites (N-methyl/N-ethyl adjacent to an activating group) is 1. The van der Waals surface area contributed by atoms with Gasteiger partial charge in [0.05, 0.1) is 0 Å². The maximum atomic E-state index is 6.05. The minimum absolute atomic E-state index is 0.491. The quantitative estimate of drug-likeness (QED) is 0.757. The predicted molar refractivity (Wildman–Crippen MR) is 74.1 cm³/mol. The molecule has 2 aromatic rings. The number of halogens is 1. The van der Waals surface area contributed by atoms with Crippen LogP contribution in [0.15, 0.2) is 24.3 Å². The second-order valence-electron chi connectivity index (χ2n) is 5.55. The maximum Gasteiger partial charge on any atom is 0.0412 e. The molecule has 1 aromatic heterocycles. The normalized spacial score (nSPS) is 32.0. The van der Waals surface area contributed by atoms with Crippen LogP contribution in [0.25, 0.3) is 10.1 Å². The van der Waals surface area contributed by atoms with Crippen LogP contribution in [-0.2, 0) is 5.41 Å². The van der Waals surface area contributed by atoms with Crippen molar-refractivity contribution in [3.63, 3.8) is 0 Å². The van der Waals surface area contributed by atoms with Crippen molar-refractivity contribution in [2.24, 2.45) is 5.92 Å².